The number of hydrogen-bond acceptors (Lipinski definition) is 6. The normalized spacial score (nSPS) is 16.8. The van der Waals surface area contributed by atoms with Crippen molar-refractivity contribution >= 4 is 27.5 Å². The van der Waals surface area contributed by atoms with Crippen molar-refractivity contribution in [1.82, 2.24) is 9.21 Å². The predicted octanol–water partition coefficient (Wildman–Crippen LogP) is 1.48. The van der Waals surface area contributed by atoms with Crippen molar-refractivity contribution in [3.8, 4) is 11.5 Å². The molecule has 1 saturated heterocycles. The van der Waals surface area contributed by atoms with Crippen molar-refractivity contribution in [2.45, 2.75) is 11.8 Å². The Morgan fingerprint density at radius 3 is 2.58 bits per heavy atom. The van der Waals surface area contributed by atoms with Crippen LogP contribution in [0.15, 0.2) is 41.3 Å². The number of anilines is 1. The maximum Gasteiger partial charge on any atom is 0.262 e. The number of carbonyl (C=O) groups excluding carboxylic acids is 2. The van der Waals surface area contributed by atoms with Gasteiger partial charge in [0.2, 0.25) is 10.0 Å². The highest BCUT2D eigenvalue weighted by molar-refractivity contribution is 7.89. The molecule has 0 radical (unpaired) electrons. The van der Waals surface area contributed by atoms with Crippen molar-refractivity contribution in [3.05, 3.63) is 47.5 Å². The van der Waals surface area contributed by atoms with Crippen molar-refractivity contribution in [3.63, 3.8) is 0 Å². The number of fused-ring (bicyclic) bond motifs is 1. The number of sulfonamides is 1. The summed E-state index contributed by atoms with van der Waals surface area (Å²) in [7, 11) is -2.24. The maximum atomic E-state index is 13.3. The fraction of sp³-hybridized carbons (Fsp3) is 0.333. The van der Waals surface area contributed by atoms with Crippen molar-refractivity contribution < 1.29 is 27.5 Å². The zero-order valence-electron chi connectivity index (χ0n) is 17.3. The van der Waals surface area contributed by atoms with Crippen LogP contribution in [-0.4, -0.2) is 69.3 Å². The molecule has 2 aromatic rings. The van der Waals surface area contributed by atoms with Crippen LogP contribution >= 0.6 is 0 Å². The van der Waals surface area contributed by atoms with Gasteiger partial charge in [0.25, 0.3) is 11.8 Å². The molecular weight excluding hydrogens is 422 g/mol. The number of ether oxygens (including phenoxy) is 2. The number of methoxy groups -OCH3 is 1. The first-order valence-corrected chi connectivity index (χ1v) is 11.2. The summed E-state index contributed by atoms with van der Waals surface area (Å²) in [6.45, 7) is 2.47. The summed E-state index contributed by atoms with van der Waals surface area (Å²) >= 11 is 0. The van der Waals surface area contributed by atoms with Crippen molar-refractivity contribution in [2.24, 2.45) is 0 Å². The number of hydrogen-bond donors (Lipinski definition) is 1. The highest BCUT2D eigenvalue weighted by Gasteiger charge is 2.32. The van der Waals surface area contributed by atoms with E-state index in [1.165, 1.54) is 17.5 Å². The average Bonchev–Trinajstić information content (AvgIpc) is 2.78. The lowest BCUT2D eigenvalue weighted by Gasteiger charge is -2.34. The number of carbonyl (C=O) groups is 2. The quantitative estimate of drug-likeness (QED) is 0.764. The van der Waals surface area contributed by atoms with E-state index in [1.54, 1.807) is 42.2 Å². The van der Waals surface area contributed by atoms with Crippen LogP contribution in [0.1, 0.15) is 15.9 Å². The molecule has 1 N–H and O–H groups in total. The molecule has 2 heterocycles. The first kappa shape index (κ1) is 21.1. The SMILES string of the molecule is COc1cccc(C(=O)N2CCN(S(=O)(=O)c3cc4c(cc3C)NC(=O)CO4)CC2)c1. The van der Waals surface area contributed by atoms with Gasteiger partial charge in [-0.25, -0.2) is 8.42 Å². The standard InChI is InChI=1S/C21H23N3O6S/c1-14-10-17-18(30-13-20(25)22-17)12-19(14)31(27,28)24-8-6-23(7-9-24)21(26)15-4-3-5-16(11-15)29-2/h3-5,10-12H,6-9,13H2,1-2H3,(H,22,25). The maximum absolute atomic E-state index is 13.3. The molecule has 10 heteroatoms. The summed E-state index contributed by atoms with van der Waals surface area (Å²) < 4.78 is 38.4. The van der Waals surface area contributed by atoms with Gasteiger partial charge in [0, 0.05) is 37.8 Å². The smallest absolute Gasteiger partial charge is 0.262 e. The average molecular weight is 445 g/mol. The van der Waals surface area contributed by atoms with E-state index in [4.69, 9.17) is 9.47 Å². The largest absolute Gasteiger partial charge is 0.497 e. The Hall–Kier alpha value is -3.11. The summed E-state index contributed by atoms with van der Waals surface area (Å²) in [5.41, 5.74) is 1.47. The van der Waals surface area contributed by atoms with E-state index in [2.05, 4.69) is 5.32 Å². The predicted molar refractivity (Wildman–Crippen MR) is 113 cm³/mol. The molecule has 0 unspecified atom stereocenters. The van der Waals surface area contributed by atoms with Gasteiger partial charge < -0.3 is 19.7 Å². The first-order chi connectivity index (χ1) is 14.8. The van der Waals surface area contributed by atoms with E-state index in [0.29, 0.717) is 28.3 Å². The van der Waals surface area contributed by atoms with Crippen molar-refractivity contribution in [2.75, 3.05) is 45.2 Å². The third kappa shape index (κ3) is 4.08. The molecular formula is C21H23N3O6S. The molecule has 0 atom stereocenters. The minimum Gasteiger partial charge on any atom is -0.497 e. The van der Waals surface area contributed by atoms with Gasteiger partial charge in [-0.2, -0.15) is 4.31 Å². The van der Waals surface area contributed by atoms with Gasteiger partial charge in [-0.3, -0.25) is 9.59 Å². The van der Waals surface area contributed by atoms with Gasteiger partial charge in [0.05, 0.1) is 17.7 Å². The van der Waals surface area contributed by atoms with Crippen LogP contribution in [0.25, 0.3) is 0 Å². The summed E-state index contributed by atoms with van der Waals surface area (Å²) in [4.78, 5) is 26.0. The number of rotatable bonds is 4. The molecule has 0 aliphatic carbocycles. The number of amides is 2. The van der Waals surface area contributed by atoms with Crippen molar-refractivity contribution in [1.29, 1.82) is 0 Å². The Balaban J connectivity index is 1.49. The number of piperazine rings is 1. The molecule has 0 aromatic heterocycles. The summed E-state index contributed by atoms with van der Waals surface area (Å²) in [5, 5.41) is 2.68. The highest BCUT2D eigenvalue weighted by atomic mass is 32.2. The van der Waals surface area contributed by atoms with E-state index in [9.17, 15) is 18.0 Å². The third-order valence-corrected chi connectivity index (χ3v) is 7.41. The molecule has 164 valence electrons. The number of nitrogens with zero attached hydrogens (tertiary/aromatic N) is 2. The monoisotopic (exact) mass is 445 g/mol. The molecule has 0 spiro atoms. The van der Waals surface area contributed by atoms with Gasteiger partial charge in [-0.15, -0.1) is 0 Å². The molecule has 0 bridgehead atoms. The lowest BCUT2D eigenvalue weighted by atomic mass is 10.1. The van der Waals surface area contributed by atoms with Gasteiger partial charge in [0.15, 0.2) is 6.61 Å². The van der Waals surface area contributed by atoms with E-state index >= 15 is 0 Å². The van der Waals surface area contributed by atoms with E-state index in [-0.39, 0.29) is 49.5 Å². The van der Waals surface area contributed by atoms with Gasteiger partial charge >= 0.3 is 0 Å². The zero-order chi connectivity index (χ0) is 22.2. The highest BCUT2D eigenvalue weighted by Crippen LogP contribution is 2.34. The molecule has 1 fully saturated rings. The number of benzene rings is 2. The molecule has 9 nitrogen and oxygen atoms in total. The molecule has 2 aliphatic heterocycles. The Morgan fingerprint density at radius 1 is 1.13 bits per heavy atom. The molecule has 2 aromatic carbocycles. The summed E-state index contributed by atoms with van der Waals surface area (Å²) in [5.74, 6) is 0.480. The summed E-state index contributed by atoms with van der Waals surface area (Å²) in [6, 6.07) is 9.94. The zero-order valence-corrected chi connectivity index (χ0v) is 18.1. The first-order valence-electron chi connectivity index (χ1n) is 9.80. The molecule has 0 saturated carbocycles. The lowest BCUT2D eigenvalue weighted by Crippen LogP contribution is -2.50. The second kappa shape index (κ2) is 8.20. The Morgan fingerprint density at radius 2 is 1.87 bits per heavy atom. The van der Waals surface area contributed by atoms with Crippen LogP contribution in [0.5, 0.6) is 11.5 Å². The van der Waals surface area contributed by atoms with Crippen LogP contribution in [0, 0.1) is 6.92 Å². The molecule has 31 heavy (non-hydrogen) atoms. The fourth-order valence-corrected chi connectivity index (χ4v) is 5.35. The molecule has 2 aliphatic rings. The summed E-state index contributed by atoms with van der Waals surface area (Å²) in [6.07, 6.45) is 0. The van der Waals surface area contributed by atoms with Gasteiger partial charge in [-0.1, -0.05) is 6.07 Å². The van der Waals surface area contributed by atoms with Crippen LogP contribution in [0.4, 0.5) is 5.69 Å². The fourth-order valence-electron chi connectivity index (χ4n) is 3.70. The third-order valence-electron chi connectivity index (χ3n) is 5.37. The van der Waals surface area contributed by atoms with E-state index < -0.39 is 10.0 Å². The Kier molecular flexibility index (Phi) is 5.59. The van der Waals surface area contributed by atoms with E-state index in [0.717, 1.165) is 0 Å². The Bertz CT molecular complexity index is 1140. The van der Waals surface area contributed by atoms with Crippen LogP contribution in [-0.2, 0) is 14.8 Å². The second-order valence-corrected chi connectivity index (χ2v) is 9.29. The topological polar surface area (TPSA) is 105 Å². The second-order valence-electron chi connectivity index (χ2n) is 7.38. The molecule has 4 rings (SSSR count). The van der Waals surface area contributed by atoms with Crippen LogP contribution < -0.4 is 14.8 Å². The molecule has 2 amide bonds. The van der Waals surface area contributed by atoms with Crippen LogP contribution in [0.3, 0.4) is 0 Å². The minimum absolute atomic E-state index is 0.134. The number of aryl methyl sites for hydroxylation is 1. The Labute approximate surface area is 180 Å². The lowest BCUT2D eigenvalue weighted by molar-refractivity contribution is -0.118. The number of nitrogens with one attached hydrogen (secondary N) is 1. The van der Waals surface area contributed by atoms with Gasteiger partial charge in [0.1, 0.15) is 11.5 Å². The van der Waals surface area contributed by atoms with E-state index in [1.807, 2.05) is 0 Å². The van der Waals surface area contributed by atoms with Gasteiger partial charge in [-0.05, 0) is 36.8 Å². The minimum atomic E-state index is -3.78. The van der Waals surface area contributed by atoms with Crippen LogP contribution in [0.2, 0.25) is 0 Å².